The van der Waals surface area contributed by atoms with Crippen LogP contribution < -0.4 is 10.6 Å². The Hall–Kier alpha value is -2.39. The number of nitrogens with one attached hydrogen (secondary N) is 2. The summed E-state index contributed by atoms with van der Waals surface area (Å²) in [5, 5.41) is 14.4. The molecule has 0 unspecified atom stereocenters. The van der Waals surface area contributed by atoms with Gasteiger partial charge in [0.25, 0.3) is 0 Å². The summed E-state index contributed by atoms with van der Waals surface area (Å²) in [6, 6.07) is 6.69. The number of ether oxygens (including phenoxy) is 1. The largest absolute Gasteiger partial charge is 0.383 e. The zero-order valence-corrected chi connectivity index (χ0v) is 11.5. The highest BCUT2D eigenvalue weighted by Gasteiger charge is 2.09. The molecular formula is C14H17N3O3. The summed E-state index contributed by atoms with van der Waals surface area (Å²) in [7, 11) is 1.55. The van der Waals surface area contributed by atoms with E-state index in [4.69, 9.17) is 10.00 Å². The SMILES string of the molecule is COCCNC(=O)CNc1cc(C#N)ccc1C(C)=O. The lowest BCUT2D eigenvalue weighted by Gasteiger charge is -2.11. The van der Waals surface area contributed by atoms with E-state index in [9.17, 15) is 9.59 Å². The average molecular weight is 275 g/mol. The summed E-state index contributed by atoms with van der Waals surface area (Å²) in [5.41, 5.74) is 1.37. The molecule has 0 bridgehead atoms. The van der Waals surface area contributed by atoms with Gasteiger partial charge in [0.05, 0.1) is 24.8 Å². The van der Waals surface area contributed by atoms with Crippen molar-refractivity contribution < 1.29 is 14.3 Å². The molecule has 0 aromatic heterocycles. The van der Waals surface area contributed by atoms with Gasteiger partial charge in [0.1, 0.15) is 0 Å². The number of nitrogens with zero attached hydrogens (tertiary/aromatic N) is 1. The third kappa shape index (κ3) is 4.71. The van der Waals surface area contributed by atoms with E-state index in [0.717, 1.165) is 0 Å². The Morgan fingerprint density at radius 3 is 2.75 bits per heavy atom. The van der Waals surface area contributed by atoms with Crippen LogP contribution in [0, 0.1) is 11.3 Å². The fraction of sp³-hybridized carbons (Fsp3) is 0.357. The average Bonchev–Trinajstić information content (AvgIpc) is 2.44. The highest BCUT2D eigenvalue weighted by molar-refractivity contribution is 6.00. The summed E-state index contributed by atoms with van der Waals surface area (Å²) in [6.45, 7) is 2.33. The number of methoxy groups -OCH3 is 1. The quantitative estimate of drug-likeness (QED) is 0.570. The van der Waals surface area contributed by atoms with Crippen molar-refractivity contribution in [2.24, 2.45) is 0 Å². The van der Waals surface area contributed by atoms with Gasteiger partial charge in [0.15, 0.2) is 5.78 Å². The van der Waals surface area contributed by atoms with Crippen LogP contribution in [0.25, 0.3) is 0 Å². The number of ketones is 1. The number of rotatable bonds is 7. The van der Waals surface area contributed by atoms with Crippen LogP contribution in [0.15, 0.2) is 18.2 Å². The summed E-state index contributed by atoms with van der Waals surface area (Å²) in [4.78, 5) is 23.0. The normalized spacial score (nSPS) is 9.65. The smallest absolute Gasteiger partial charge is 0.239 e. The second kappa shape index (κ2) is 7.92. The highest BCUT2D eigenvalue weighted by atomic mass is 16.5. The van der Waals surface area contributed by atoms with Gasteiger partial charge >= 0.3 is 0 Å². The minimum atomic E-state index is -0.209. The Morgan fingerprint density at radius 1 is 1.40 bits per heavy atom. The van der Waals surface area contributed by atoms with E-state index in [2.05, 4.69) is 10.6 Å². The topological polar surface area (TPSA) is 91.2 Å². The first kappa shape index (κ1) is 15.7. The van der Waals surface area contributed by atoms with Crippen molar-refractivity contribution in [3.8, 4) is 6.07 Å². The molecule has 0 aliphatic rings. The molecule has 0 saturated carbocycles. The molecule has 6 nitrogen and oxygen atoms in total. The van der Waals surface area contributed by atoms with E-state index < -0.39 is 0 Å². The Kier molecular flexibility index (Phi) is 6.20. The fourth-order valence-electron chi connectivity index (χ4n) is 1.60. The van der Waals surface area contributed by atoms with Gasteiger partial charge in [-0.05, 0) is 25.1 Å². The molecule has 0 atom stereocenters. The van der Waals surface area contributed by atoms with Gasteiger partial charge < -0.3 is 15.4 Å². The van der Waals surface area contributed by atoms with Crippen molar-refractivity contribution in [3.63, 3.8) is 0 Å². The number of hydrogen-bond donors (Lipinski definition) is 2. The first-order valence-electron chi connectivity index (χ1n) is 6.13. The lowest BCUT2D eigenvalue weighted by Crippen LogP contribution is -2.32. The molecule has 0 aliphatic heterocycles. The Morgan fingerprint density at radius 2 is 2.15 bits per heavy atom. The molecule has 0 heterocycles. The van der Waals surface area contributed by atoms with Gasteiger partial charge in [0, 0.05) is 24.9 Å². The molecule has 0 spiro atoms. The first-order valence-corrected chi connectivity index (χ1v) is 6.13. The summed E-state index contributed by atoms with van der Waals surface area (Å²) in [5.74, 6) is -0.337. The van der Waals surface area contributed by atoms with Gasteiger partial charge in [-0.2, -0.15) is 5.26 Å². The number of Topliss-reactive ketones (excluding diaryl/α,β-unsaturated/α-hetero) is 1. The molecule has 1 aromatic rings. The van der Waals surface area contributed by atoms with Gasteiger partial charge in [0.2, 0.25) is 5.91 Å². The number of anilines is 1. The number of amides is 1. The molecule has 106 valence electrons. The molecule has 0 fully saturated rings. The van der Waals surface area contributed by atoms with Crippen LogP contribution in [-0.4, -0.2) is 38.5 Å². The minimum Gasteiger partial charge on any atom is -0.383 e. The Balaban J connectivity index is 2.68. The van der Waals surface area contributed by atoms with Crippen molar-refractivity contribution in [2.75, 3.05) is 32.1 Å². The number of nitriles is 1. The van der Waals surface area contributed by atoms with Gasteiger partial charge in [-0.25, -0.2) is 0 Å². The van der Waals surface area contributed by atoms with Crippen molar-refractivity contribution >= 4 is 17.4 Å². The van der Waals surface area contributed by atoms with Crippen LogP contribution in [0.1, 0.15) is 22.8 Å². The second-order valence-electron chi connectivity index (χ2n) is 4.12. The van der Waals surface area contributed by atoms with E-state index in [1.807, 2.05) is 6.07 Å². The summed E-state index contributed by atoms with van der Waals surface area (Å²) < 4.78 is 4.82. The molecule has 20 heavy (non-hydrogen) atoms. The number of benzene rings is 1. The van der Waals surface area contributed by atoms with Crippen LogP contribution in [0.5, 0.6) is 0 Å². The lowest BCUT2D eigenvalue weighted by atomic mass is 10.1. The molecule has 6 heteroatoms. The van der Waals surface area contributed by atoms with Crippen molar-refractivity contribution in [1.82, 2.24) is 5.32 Å². The number of hydrogen-bond acceptors (Lipinski definition) is 5. The maximum atomic E-state index is 11.5. The predicted molar refractivity (Wildman–Crippen MR) is 74.5 cm³/mol. The van der Waals surface area contributed by atoms with E-state index in [1.54, 1.807) is 25.3 Å². The van der Waals surface area contributed by atoms with Crippen LogP contribution in [0.2, 0.25) is 0 Å². The first-order chi connectivity index (χ1) is 9.58. The molecule has 2 N–H and O–H groups in total. The molecule has 1 aromatic carbocycles. The van der Waals surface area contributed by atoms with Crippen LogP contribution >= 0.6 is 0 Å². The minimum absolute atomic E-state index is 0.0267. The molecule has 0 saturated heterocycles. The fourth-order valence-corrected chi connectivity index (χ4v) is 1.60. The molecular weight excluding hydrogens is 258 g/mol. The van der Waals surface area contributed by atoms with Gasteiger partial charge in [-0.3, -0.25) is 9.59 Å². The lowest BCUT2D eigenvalue weighted by molar-refractivity contribution is -0.119. The Labute approximate surface area is 117 Å². The van der Waals surface area contributed by atoms with E-state index >= 15 is 0 Å². The summed E-state index contributed by atoms with van der Waals surface area (Å²) in [6.07, 6.45) is 0. The van der Waals surface area contributed by atoms with Crippen molar-refractivity contribution in [1.29, 1.82) is 5.26 Å². The second-order valence-corrected chi connectivity index (χ2v) is 4.12. The maximum Gasteiger partial charge on any atom is 0.239 e. The number of carbonyl (C=O) groups is 2. The van der Waals surface area contributed by atoms with Gasteiger partial charge in [-0.15, -0.1) is 0 Å². The highest BCUT2D eigenvalue weighted by Crippen LogP contribution is 2.17. The van der Waals surface area contributed by atoms with E-state index in [-0.39, 0.29) is 18.2 Å². The van der Waals surface area contributed by atoms with E-state index in [1.165, 1.54) is 6.92 Å². The zero-order chi connectivity index (χ0) is 15.0. The van der Waals surface area contributed by atoms with Crippen molar-refractivity contribution in [2.45, 2.75) is 6.92 Å². The summed E-state index contributed by atoms with van der Waals surface area (Å²) >= 11 is 0. The maximum absolute atomic E-state index is 11.5. The van der Waals surface area contributed by atoms with Crippen LogP contribution in [0.3, 0.4) is 0 Å². The standard InChI is InChI=1S/C14H17N3O3/c1-10(18)12-4-3-11(8-15)7-13(12)17-9-14(19)16-5-6-20-2/h3-4,7,17H,5-6,9H2,1-2H3,(H,16,19). The van der Waals surface area contributed by atoms with E-state index in [0.29, 0.717) is 30.0 Å². The zero-order valence-electron chi connectivity index (χ0n) is 11.5. The molecule has 0 radical (unpaired) electrons. The predicted octanol–water partition coefficient (Wildman–Crippen LogP) is 0.935. The van der Waals surface area contributed by atoms with Crippen molar-refractivity contribution in [3.05, 3.63) is 29.3 Å². The Bertz CT molecular complexity index is 535. The number of carbonyl (C=O) groups excluding carboxylic acids is 2. The molecule has 0 aliphatic carbocycles. The third-order valence-corrected chi connectivity index (χ3v) is 2.60. The van der Waals surface area contributed by atoms with Gasteiger partial charge in [-0.1, -0.05) is 0 Å². The molecule has 1 rings (SSSR count). The monoisotopic (exact) mass is 275 g/mol. The van der Waals surface area contributed by atoms with Crippen LogP contribution in [0.4, 0.5) is 5.69 Å². The third-order valence-electron chi connectivity index (χ3n) is 2.60. The van der Waals surface area contributed by atoms with Crippen LogP contribution in [-0.2, 0) is 9.53 Å². The molecule has 1 amide bonds.